The quantitative estimate of drug-likeness (QED) is 0.253. The topological polar surface area (TPSA) is 52.0 Å². The standard InChI is InChI=1S/C17H37IN2/c1-3-5-6-9-15(4-2)17(14-20)16(10-7-12-18)11-8-13-19/h15-17H,3-14,19-20H2,1-2H3. The molecule has 3 heteroatoms. The van der Waals surface area contributed by atoms with E-state index in [0.29, 0.717) is 5.92 Å². The van der Waals surface area contributed by atoms with Gasteiger partial charge < -0.3 is 11.5 Å². The van der Waals surface area contributed by atoms with Crippen LogP contribution < -0.4 is 11.5 Å². The van der Waals surface area contributed by atoms with Gasteiger partial charge in [-0.25, -0.2) is 0 Å². The Morgan fingerprint density at radius 2 is 1.50 bits per heavy atom. The molecule has 3 atom stereocenters. The van der Waals surface area contributed by atoms with Gasteiger partial charge in [0.2, 0.25) is 0 Å². The third-order valence-corrected chi connectivity index (χ3v) is 5.44. The van der Waals surface area contributed by atoms with Crippen LogP contribution in [0.3, 0.4) is 0 Å². The van der Waals surface area contributed by atoms with Crippen molar-refractivity contribution in [2.75, 3.05) is 17.5 Å². The Bertz CT molecular complexity index is 191. The van der Waals surface area contributed by atoms with Gasteiger partial charge in [0, 0.05) is 0 Å². The van der Waals surface area contributed by atoms with Gasteiger partial charge in [-0.15, -0.1) is 0 Å². The Morgan fingerprint density at radius 1 is 0.850 bits per heavy atom. The maximum atomic E-state index is 6.16. The summed E-state index contributed by atoms with van der Waals surface area (Å²) in [6.07, 6.45) is 11.8. The highest BCUT2D eigenvalue weighted by Gasteiger charge is 2.26. The van der Waals surface area contributed by atoms with Crippen molar-refractivity contribution in [2.45, 2.75) is 71.6 Å². The van der Waals surface area contributed by atoms with E-state index in [2.05, 4.69) is 36.4 Å². The maximum Gasteiger partial charge on any atom is -0.000462 e. The molecular formula is C17H37IN2. The van der Waals surface area contributed by atoms with Crippen LogP contribution in [0.2, 0.25) is 0 Å². The van der Waals surface area contributed by atoms with Crippen LogP contribution >= 0.6 is 22.6 Å². The molecule has 2 nitrogen and oxygen atoms in total. The van der Waals surface area contributed by atoms with Crippen molar-refractivity contribution < 1.29 is 0 Å². The van der Waals surface area contributed by atoms with Crippen molar-refractivity contribution in [1.29, 1.82) is 0 Å². The Kier molecular flexibility index (Phi) is 15.1. The SMILES string of the molecule is CCCCCC(CC)C(CN)C(CCCN)CCCI. The molecule has 0 amide bonds. The fourth-order valence-electron chi connectivity index (χ4n) is 3.44. The lowest BCUT2D eigenvalue weighted by Crippen LogP contribution is -2.31. The van der Waals surface area contributed by atoms with Gasteiger partial charge in [-0.1, -0.05) is 68.5 Å². The lowest BCUT2D eigenvalue weighted by molar-refractivity contribution is 0.189. The van der Waals surface area contributed by atoms with E-state index < -0.39 is 0 Å². The van der Waals surface area contributed by atoms with E-state index >= 15 is 0 Å². The highest BCUT2D eigenvalue weighted by Crippen LogP contribution is 2.33. The smallest absolute Gasteiger partial charge is 0.000462 e. The van der Waals surface area contributed by atoms with Crippen LogP contribution in [0.4, 0.5) is 0 Å². The molecule has 0 bridgehead atoms. The van der Waals surface area contributed by atoms with E-state index in [1.807, 2.05) is 0 Å². The minimum Gasteiger partial charge on any atom is -0.330 e. The van der Waals surface area contributed by atoms with Gasteiger partial charge in [0.25, 0.3) is 0 Å². The van der Waals surface area contributed by atoms with Crippen LogP contribution in [0.5, 0.6) is 0 Å². The zero-order valence-electron chi connectivity index (χ0n) is 13.7. The van der Waals surface area contributed by atoms with E-state index in [1.54, 1.807) is 0 Å². The van der Waals surface area contributed by atoms with E-state index in [0.717, 1.165) is 31.3 Å². The van der Waals surface area contributed by atoms with Crippen LogP contribution in [-0.4, -0.2) is 17.5 Å². The summed E-state index contributed by atoms with van der Waals surface area (Å²) in [5.74, 6) is 2.33. The van der Waals surface area contributed by atoms with Gasteiger partial charge in [-0.3, -0.25) is 0 Å². The summed E-state index contributed by atoms with van der Waals surface area (Å²) < 4.78 is 1.26. The molecule has 0 fully saturated rings. The van der Waals surface area contributed by atoms with Crippen LogP contribution in [0, 0.1) is 17.8 Å². The molecule has 0 aliphatic carbocycles. The number of halogens is 1. The zero-order chi connectivity index (χ0) is 15.2. The van der Waals surface area contributed by atoms with Crippen molar-refractivity contribution in [1.82, 2.24) is 0 Å². The Balaban J connectivity index is 4.54. The Hall–Kier alpha value is 0.650. The summed E-state index contributed by atoms with van der Waals surface area (Å²) in [7, 11) is 0. The molecule has 0 rings (SSSR count). The number of hydrogen-bond donors (Lipinski definition) is 2. The van der Waals surface area contributed by atoms with Crippen molar-refractivity contribution in [3.05, 3.63) is 0 Å². The first-order valence-corrected chi connectivity index (χ1v) is 10.2. The molecule has 0 aromatic rings. The third kappa shape index (κ3) is 8.83. The van der Waals surface area contributed by atoms with Crippen molar-refractivity contribution >= 4 is 22.6 Å². The van der Waals surface area contributed by atoms with E-state index in [-0.39, 0.29) is 0 Å². The average Bonchev–Trinajstić information content (AvgIpc) is 2.48. The fraction of sp³-hybridized carbons (Fsp3) is 1.00. The fourth-order valence-corrected chi connectivity index (χ4v) is 3.88. The number of alkyl halides is 1. The second kappa shape index (κ2) is 14.6. The van der Waals surface area contributed by atoms with Crippen LogP contribution in [0.1, 0.15) is 71.6 Å². The first kappa shape index (κ1) is 20.6. The summed E-state index contributed by atoms with van der Waals surface area (Å²) in [4.78, 5) is 0. The molecule has 0 saturated heterocycles. The molecule has 0 aromatic carbocycles. The maximum absolute atomic E-state index is 6.16. The predicted octanol–water partition coefficient (Wildman–Crippen LogP) is 4.74. The first-order valence-electron chi connectivity index (χ1n) is 8.71. The van der Waals surface area contributed by atoms with Crippen LogP contribution in [0.25, 0.3) is 0 Å². The van der Waals surface area contributed by atoms with Gasteiger partial charge in [0.05, 0.1) is 0 Å². The van der Waals surface area contributed by atoms with E-state index in [4.69, 9.17) is 11.5 Å². The molecule has 0 saturated carbocycles. The molecule has 3 unspecified atom stereocenters. The van der Waals surface area contributed by atoms with Gasteiger partial charge in [-0.05, 0) is 61.0 Å². The predicted molar refractivity (Wildman–Crippen MR) is 100 cm³/mol. The van der Waals surface area contributed by atoms with E-state index in [1.165, 1.54) is 55.8 Å². The minimum atomic E-state index is 0.714. The summed E-state index contributed by atoms with van der Waals surface area (Å²) in [6.45, 7) is 6.31. The molecule has 122 valence electrons. The summed E-state index contributed by atoms with van der Waals surface area (Å²) in [5, 5.41) is 0. The highest BCUT2D eigenvalue weighted by molar-refractivity contribution is 14.1. The second-order valence-electron chi connectivity index (χ2n) is 6.09. The third-order valence-electron chi connectivity index (χ3n) is 4.67. The van der Waals surface area contributed by atoms with Crippen molar-refractivity contribution in [3.8, 4) is 0 Å². The lowest BCUT2D eigenvalue weighted by atomic mass is 9.74. The van der Waals surface area contributed by atoms with Crippen molar-refractivity contribution in [3.63, 3.8) is 0 Å². The molecule has 0 radical (unpaired) electrons. The molecular weight excluding hydrogens is 359 g/mol. The monoisotopic (exact) mass is 396 g/mol. The molecule has 0 spiro atoms. The largest absolute Gasteiger partial charge is 0.330 e. The molecule has 0 aliphatic rings. The zero-order valence-corrected chi connectivity index (χ0v) is 15.9. The van der Waals surface area contributed by atoms with Gasteiger partial charge in [-0.2, -0.15) is 0 Å². The van der Waals surface area contributed by atoms with Gasteiger partial charge in [0.1, 0.15) is 0 Å². The van der Waals surface area contributed by atoms with Gasteiger partial charge >= 0.3 is 0 Å². The van der Waals surface area contributed by atoms with Crippen LogP contribution in [0.15, 0.2) is 0 Å². The Morgan fingerprint density at radius 3 is 2.00 bits per heavy atom. The highest BCUT2D eigenvalue weighted by atomic mass is 127. The van der Waals surface area contributed by atoms with E-state index in [9.17, 15) is 0 Å². The number of nitrogens with two attached hydrogens (primary N) is 2. The molecule has 0 aromatic heterocycles. The number of unbranched alkanes of at least 4 members (excludes halogenated alkanes) is 2. The number of rotatable bonds is 14. The Labute approximate surface area is 141 Å². The van der Waals surface area contributed by atoms with Crippen LogP contribution in [-0.2, 0) is 0 Å². The lowest BCUT2D eigenvalue weighted by Gasteiger charge is -2.33. The summed E-state index contributed by atoms with van der Waals surface area (Å²) >= 11 is 2.49. The van der Waals surface area contributed by atoms with Gasteiger partial charge in [0.15, 0.2) is 0 Å². The second-order valence-corrected chi connectivity index (χ2v) is 7.16. The first-order chi connectivity index (χ1) is 9.74. The normalized spacial score (nSPS) is 16.1. The molecule has 0 aliphatic heterocycles. The average molecular weight is 396 g/mol. The molecule has 20 heavy (non-hydrogen) atoms. The summed E-state index contributed by atoms with van der Waals surface area (Å²) in [5.41, 5.74) is 11.9. The van der Waals surface area contributed by atoms with Crippen molar-refractivity contribution in [2.24, 2.45) is 29.2 Å². The number of hydrogen-bond acceptors (Lipinski definition) is 2. The molecule has 4 N–H and O–H groups in total. The summed E-state index contributed by atoms with van der Waals surface area (Å²) in [6, 6.07) is 0. The molecule has 0 heterocycles. The minimum absolute atomic E-state index is 0.714.